The number of phenols is 1. The van der Waals surface area contributed by atoms with Gasteiger partial charge in [-0.15, -0.1) is 0 Å². The van der Waals surface area contributed by atoms with Crippen molar-refractivity contribution in [2.24, 2.45) is 5.92 Å². The molecule has 1 saturated heterocycles. The predicted octanol–water partition coefficient (Wildman–Crippen LogP) is 3.96. The van der Waals surface area contributed by atoms with Crippen LogP contribution in [0.2, 0.25) is 0 Å². The molecule has 1 fully saturated rings. The van der Waals surface area contributed by atoms with Crippen LogP contribution in [0.4, 0.5) is 9.18 Å². The van der Waals surface area contributed by atoms with Crippen LogP contribution in [0.25, 0.3) is 0 Å². The first-order chi connectivity index (χ1) is 12.6. The molecule has 1 aliphatic heterocycles. The summed E-state index contributed by atoms with van der Waals surface area (Å²) in [6.45, 7) is 1.83. The Labute approximate surface area is 152 Å². The molecule has 3 rings (SSSR count). The highest BCUT2D eigenvalue weighted by Crippen LogP contribution is 2.28. The summed E-state index contributed by atoms with van der Waals surface area (Å²) in [6, 6.07) is 13.2. The Morgan fingerprint density at radius 3 is 2.62 bits per heavy atom. The first-order valence-corrected chi connectivity index (χ1v) is 8.69. The Bertz CT molecular complexity index is 730. The molecule has 2 aromatic carbocycles. The molecule has 0 aromatic heterocycles. The van der Waals surface area contributed by atoms with Crippen LogP contribution in [0.1, 0.15) is 18.4 Å². The van der Waals surface area contributed by atoms with E-state index in [9.17, 15) is 14.3 Å². The molecule has 26 heavy (non-hydrogen) atoms. The molecule has 2 aromatic rings. The highest BCUT2D eigenvalue weighted by atomic mass is 19.1. The lowest BCUT2D eigenvalue weighted by Gasteiger charge is -2.31. The van der Waals surface area contributed by atoms with Crippen LogP contribution in [0.15, 0.2) is 48.5 Å². The molecule has 1 amide bonds. The summed E-state index contributed by atoms with van der Waals surface area (Å²) in [7, 11) is 0. The lowest BCUT2D eigenvalue weighted by molar-refractivity contribution is 0.0759. The van der Waals surface area contributed by atoms with Gasteiger partial charge in [-0.2, -0.15) is 0 Å². The minimum absolute atomic E-state index is 0.0756. The summed E-state index contributed by atoms with van der Waals surface area (Å²) in [5.41, 5.74) is 0.957. The average molecular weight is 359 g/mol. The molecular weight excluding hydrogens is 337 g/mol. The van der Waals surface area contributed by atoms with Gasteiger partial charge in [-0.1, -0.05) is 30.3 Å². The number of hydrogen-bond acceptors (Lipinski definition) is 4. The molecule has 5 nitrogen and oxygen atoms in total. The second-order valence-corrected chi connectivity index (χ2v) is 6.39. The van der Waals surface area contributed by atoms with Crippen molar-refractivity contribution in [1.82, 2.24) is 4.90 Å². The number of phenolic OH excluding ortho intramolecular Hbond substituents is 1. The molecule has 1 heterocycles. The van der Waals surface area contributed by atoms with Crippen LogP contribution >= 0.6 is 0 Å². The van der Waals surface area contributed by atoms with Gasteiger partial charge in [0.1, 0.15) is 12.4 Å². The molecule has 0 saturated carbocycles. The molecule has 0 aliphatic carbocycles. The number of likely N-dealkylation sites (tertiary alicyclic amines) is 1. The maximum atomic E-state index is 13.2. The Balaban J connectivity index is 1.41. The molecule has 1 aliphatic rings. The average Bonchev–Trinajstić information content (AvgIpc) is 2.68. The number of rotatable bonds is 5. The van der Waals surface area contributed by atoms with Gasteiger partial charge in [0.25, 0.3) is 0 Å². The van der Waals surface area contributed by atoms with Gasteiger partial charge in [-0.05, 0) is 36.5 Å². The van der Waals surface area contributed by atoms with Crippen LogP contribution in [0, 0.1) is 11.7 Å². The minimum Gasteiger partial charge on any atom is -0.504 e. The van der Waals surface area contributed by atoms with Gasteiger partial charge >= 0.3 is 6.09 Å². The third-order valence-corrected chi connectivity index (χ3v) is 4.47. The number of carbonyl (C=O) groups is 1. The van der Waals surface area contributed by atoms with Crippen molar-refractivity contribution >= 4 is 6.09 Å². The summed E-state index contributed by atoms with van der Waals surface area (Å²) in [4.78, 5) is 13.8. The first kappa shape index (κ1) is 18.0. The Morgan fingerprint density at radius 1 is 1.15 bits per heavy atom. The lowest BCUT2D eigenvalue weighted by Crippen LogP contribution is -2.39. The Kier molecular flexibility index (Phi) is 5.94. The maximum Gasteiger partial charge on any atom is 0.410 e. The van der Waals surface area contributed by atoms with Gasteiger partial charge in [-0.25, -0.2) is 9.18 Å². The molecule has 0 radical (unpaired) electrons. The van der Waals surface area contributed by atoms with E-state index in [-0.39, 0.29) is 30.1 Å². The smallest absolute Gasteiger partial charge is 0.410 e. The summed E-state index contributed by atoms with van der Waals surface area (Å²) in [6.07, 6.45) is 1.24. The van der Waals surface area contributed by atoms with Crippen molar-refractivity contribution in [3.05, 3.63) is 59.9 Å². The molecular formula is C20H22FNO4. The van der Waals surface area contributed by atoms with Gasteiger partial charge in [0.2, 0.25) is 0 Å². The quantitative estimate of drug-likeness (QED) is 0.878. The summed E-state index contributed by atoms with van der Waals surface area (Å²) in [5, 5.41) is 9.67. The largest absolute Gasteiger partial charge is 0.504 e. The number of carbonyl (C=O) groups excluding carboxylic acids is 1. The molecule has 138 valence electrons. The van der Waals surface area contributed by atoms with Crippen LogP contribution in [0.3, 0.4) is 0 Å². The summed E-state index contributed by atoms with van der Waals surface area (Å²) >= 11 is 0. The minimum atomic E-state index is -0.450. The first-order valence-electron chi connectivity index (χ1n) is 8.69. The van der Waals surface area contributed by atoms with Crippen molar-refractivity contribution in [2.45, 2.75) is 19.4 Å². The fourth-order valence-electron chi connectivity index (χ4n) is 2.90. The maximum absolute atomic E-state index is 13.2. The van der Waals surface area contributed by atoms with E-state index in [1.165, 1.54) is 18.2 Å². The van der Waals surface area contributed by atoms with Gasteiger partial charge in [0.05, 0.1) is 6.61 Å². The van der Waals surface area contributed by atoms with Gasteiger partial charge in [0, 0.05) is 19.2 Å². The number of piperidine rings is 1. The zero-order chi connectivity index (χ0) is 18.4. The SMILES string of the molecule is O=C(OCc1ccccc1)N1CCC(COc2cc(F)ccc2O)CC1. The van der Waals surface area contributed by atoms with Crippen LogP contribution in [0.5, 0.6) is 11.5 Å². The number of aromatic hydroxyl groups is 1. The highest BCUT2D eigenvalue weighted by molar-refractivity contribution is 5.67. The number of amides is 1. The standard InChI is InChI=1S/C20H22FNO4/c21-17-6-7-18(23)19(12-17)25-13-16-8-10-22(11-9-16)20(24)26-14-15-4-2-1-3-5-15/h1-7,12,16,23H,8-11,13-14H2. The Morgan fingerprint density at radius 2 is 1.88 bits per heavy atom. The number of hydrogen-bond donors (Lipinski definition) is 1. The second-order valence-electron chi connectivity index (χ2n) is 6.39. The topological polar surface area (TPSA) is 59.0 Å². The van der Waals surface area contributed by atoms with Crippen molar-refractivity contribution < 1.29 is 23.8 Å². The van der Waals surface area contributed by atoms with Crippen molar-refractivity contribution in [3.63, 3.8) is 0 Å². The molecule has 1 N–H and O–H groups in total. The Hall–Kier alpha value is -2.76. The molecule has 0 spiro atoms. The predicted molar refractivity (Wildman–Crippen MR) is 94.5 cm³/mol. The fraction of sp³-hybridized carbons (Fsp3) is 0.350. The van der Waals surface area contributed by atoms with Crippen LogP contribution in [-0.4, -0.2) is 35.8 Å². The molecule has 0 bridgehead atoms. The molecule has 0 atom stereocenters. The van der Waals surface area contributed by atoms with E-state index in [4.69, 9.17) is 9.47 Å². The highest BCUT2D eigenvalue weighted by Gasteiger charge is 2.24. The van der Waals surface area contributed by atoms with Crippen LogP contribution < -0.4 is 4.74 Å². The van der Waals surface area contributed by atoms with Crippen LogP contribution in [-0.2, 0) is 11.3 Å². The third kappa shape index (κ3) is 4.88. The summed E-state index contributed by atoms with van der Waals surface area (Å²) in [5.74, 6) is -0.132. The van der Waals surface area contributed by atoms with E-state index in [0.29, 0.717) is 19.7 Å². The van der Waals surface area contributed by atoms with E-state index in [0.717, 1.165) is 18.4 Å². The van der Waals surface area contributed by atoms with Gasteiger partial charge in [-0.3, -0.25) is 0 Å². The summed E-state index contributed by atoms with van der Waals surface area (Å²) < 4.78 is 24.1. The van der Waals surface area contributed by atoms with Crippen molar-refractivity contribution in [2.75, 3.05) is 19.7 Å². The third-order valence-electron chi connectivity index (χ3n) is 4.47. The number of ether oxygens (including phenoxy) is 2. The van der Waals surface area contributed by atoms with E-state index < -0.39 is 5.82 Å². The van der Waals surface area contributed by atoms with E-state index in [1.807, 2.05) is 30.3 Å². The monoisotopic (exact) mass is 359 g/mol. The number of halogens is 1. The molecule has 6 heteroatoms. The molecule has 0 unspecified atom stereocenters. The number of benzene rings is 2. The van der Waals surface area contributed by atoms with E-state index >= 15 is 0 Å². The number of nitrogens with zero attached hydrogens (tertiary/aromatic N) is 1. The second kappa shape index (κ2) is 8.56. The zero-order valence-corrected chi connectivity index (χ0v) is 14.4. The van der Waals surface area contributed by atoms with Crippen molar-refractivity contribution in [1.29, 1.82) is 0 Å². The normalized spacial score (nSPS) is 14.9. The van der Waals surface area contributed by atoms with E-state index in [1.54, 1.807) is 4.90 Å². The zero-order valence-electron chi connectivity index (χ0n) is 14.4. The fourth-order valence-corrected chi connectivity index (χ4v) is 2.90. The van der Waals surface area contributed by atoms with Gasteiger partial charge in [0.15, 0.2) is 11.5 Å². The van der Waals surface area contributed by atoms with Crippen molar-refractivity contribution in [3.8, 4) is 11.5 Å². The van der Waals surface area contributed by atoms with Gasteiger partial charge < -0.3 is 19.5 Å². The van der Waals surface area contributed by atoms with E-state index in [2.05, 4.69) is 0 Å². The lowest BCUT2D eigenvalue weighted by atomic mass is 9.98.